The third-order valence-corrected chi connectivity index (χ3v) is 6.81. The summed E-state index contributed by atoms with van der Waals surface area (Å²) in [5, 5.41) is 14.6. The van der Waals surface area contributed by atoms with Gasteiger partial charge in [0.25, 0.3) is 0 Å². The van der Waals surface area contributed by atoms with Gasteiger partial charge in [0.1, 0.15) is 4.58 Å². The van der Waals surface area contributed by atoms with Crippen LogP contribution in [-0.2, 0) is 0 Å². The van der Waals surface area contributed by atoms with E-state index in [1.54, 1.807) is 23.5 Å². The zero-order chi connectivity index (χ0) is 18.8. The Hall–Kier alpha value is -2.83. The van der Waals surface area contributed by atoms with Gasteiger partial charge in [-0.15, -0.1) is 22.0 Å². The molecule has 1 aliphatic heterocycles. The minimum atomic E-state index is 0.102. The molecule has 136 valence electrons. The molecule has 0 spiro atoms. The van der Waals surface area contributed by atoms with Gasteiger partial charge in [0.15, 0.2) is 5.82 Å². The van der Waals surface area contributed by atoms with Crippen molar-refractivity contribution in [2.75, 3.05) is 0 Å². The quantitative estimate of drug-likeness (QED) is 0.459. The van der Waals surface area contributed by atoms with Gasteiger partial charge in [0.2, 0.25) is 5.16 Å². The lowest BCUT2D eigenvalue weighted by Crippen LogP contribution is -2.22. The predicted octanol–water partition coefficient (Wildman–Crippen LogP) is 5.42. The number of hydrogen-bond donors (Lipinski definition) is 0. The van der Waals surface area contributed by atoms with Crippen LogP contribution in [0.5, 0.6) is 0 Å². The van der Waals surface area contributed by atoms with E-state index in [9.17, 15) is 0 Å². The largest absolute Gasteiger partial charge is 0.213 e. The molecule has 4 aromatic rings. The van der Waals surface area contributed by atoms with Gasteiger partial charge < -0.3 is 0 Å². The second-order valence-corrected chi connectivity index (χ2v) is 8.77. The van der Waals surface area contributed by atoms with E-state index in [2.05, 4.69) is 46.6 Å². The van der Waals surface area contributed by atoms with Gasteiger partial charge >= 0.3 is 0 Å². The van der Waals surface area contributed by atoms with Gasteiger partial charge in [0.05, 0.1) is 5.71 Å². The molecule has 0 saturated carbocycles. The fraction of sp³-hybridized carbons (Fsp3) is 0.0455. The molecular formula is C22H16N4S2. The molecule has 0 bridgehead atoms. The first-order valence-corrected chi connectivity index (χ1v) is 10.7. The molecule has 3 aromatic carbocycles. The van der Waals surface area contributed by atoms with Crippen molar-refractivity contribution in [2.24, 2.45) is 5.10 Å². The third-order valence-electron chi connectivity index (χ3n) is 4.34. The van der Waals surface area contributed by atoms with E-state index >= 15 is 0 Å². The number of fused-ring (bicyclic) bond motifs is 1. The predicted molar refractivity (Wildman–Crippen MR) is 116 cm³/mol. The van der Waals surface area contributed by atoms with Crippen molar-refractivity contribution in [1.82, 2.24) is 14.9 Å². The molecule has 0 aliphatic carbocycles. The average Bonchev–Trinajstić information content (AvgIpc) is 3.18. The molecule has 1 atom stereocenters. The van der Waals surface area contributed by atoms with E-state index in [0.717, 1.165) is 27.8 Å². The Morgan fingerprint density at radius 2 is 1.32 bits per heavy atom. The van der Waals surface area contributed by atoms with Crippen LogP contribution in [0.2, 0.25) is 0 Å². The summed E-state index contributed by atoms with van der Waals surface area (Å²) in [6.45, 7) is 0. The Morgan fingerprint density at radius 1 is 0.714 bits per heavy atom. The molecule has 5 rings (SSSR count). The molecule has 0 radical (unpaired) electrons. The summed E-state index contributed by atoms with van der Waals surface area (Å²) in [6.07, 6.45) is 0. The summed E-state index contributed by atoms with van der Waals surface area (Å²) in [7, 11) is 0. The first kappa shape index (κ1) is 17.3. The smallest absolute Gasteiger partial charge is 0.186 e. The fourth-order valence-electron chi connectivity index (χ4n) is 3.01. The number of hydrogen-bond acceptors (Lipinski definition) is 5. The number of thioether (sulfide) groups is 2. The lowest BCUT2D eigenvalue weighted by molar-refractivity contribution is 0.760. The molecule has 1 aromatic heterocycles. The molecule has 0 N–H and O–H groups in total. The standard InChI is InChI=1S/C22H16N4S2/c1-4-10-16(11-5-1)19-21(27-18-14-8-3-9-15-18)28-22-24-23-20(26(22)25-19)17-12-6-2-7-13-17/h1-15,21H. The highest BCUT2D eigenvalue weighted by Crippen LogP contribution is 2.41. The molecule has 28 heavy (non-hydrogen) atoms. The maximum atomic E-state index is 5.00. The van der Waals surface area contributed by atoms with Gasteiger partial charge in [-0.25, -0.2) is 0 Å². The third kappa shape index (κ3) is 3.37. The summed E-state index contributed by atoms with van der Waals surface area (Å²) in [4.78, 5) is 1.21. The lowest BCUT2D eigenvalue weighted by atomic mass is 10.1. The van der Waals surface area contributed by atoms with Crippen molar-refractivity contribution >= 4 is 29.2 Å². The van der Waals surface area contributed by atoms with Crippen LogP contribution in [0.25, 0.3) is 11.4 Å². The number of nitrogens with zero attached hydrogens (tertiary/aromatic N) is 4. The fourth-order valence-corrected chi connectivity index (χ4v) is 5.45. The number of rotatable bonds is 4. The Balaban J connectivity index is 1.59. The van der Waals surface area contributed by atoms with Crippen LogP contribution in [0.1, 0.15) is 5.56 Å². The van der Waals surface area contributed by atoms with Crippen molar-refractivity contribution in [3.8, 4) is 11.4 Å². The first-order chi connectivity index (χ1) is 13.9. The highest BCUT2D eigenvalue weighted by molar-refractivity contribution is 8.18. The zero-order valence-corrected chi connectivity index (χ0v) is 16.5. The molecule has 6 heteroatoms. The molecule has 0 saturated heterocycles. The van der Waals surface area contributed by atoms with Gasteiger partial charge in [0, 0.05) is 10.5 Å². The highest BCUT2D eigenvalue weighted by Gasteiger charge is 2.30. The second kappa shape index (κ2) is 7.66. The molecule has 0 amide bonds. The maximum Gasteiger partial charge on any atom is 0.213 e. The maximum absolute atomic E-state index is 5.00. The van der Waals surface area contributed by atoms with E-state index < -0.39 is 0 Å². The molecule has 1 aliphatic rings. The monoisotopic (exact) mass is 400 g/mol. The minimum Gasteiger partial charge on any atom is -0.186 e. The van der Waals surface area contributed by atoms with E-state index in [1.807, 2.05) is 59.3 Å². The van der Waals surface area contributed by atoms with Gasteiger partial charge in [-0.05, 0) is 17.7 Å². The molecule has 1 unspecified atom stereocenters. The normalized spacial score (nSPS) is 15.7. The number of aromatic nitrogens is 3. The summed E-state index contributed by atoms with van der Waals surface area (Å²) in [5.41, 5.74) is 3.14. The lowest BCUT2D eigenvalue weighted by Gasteiger charge is -2.23. The van der Waals surface area contributed by atoms with Crippen molar-refractivity contribution in [3.63, 3.8) is 0 Å². The van der Waals surface area contributed by atoms with Gasteiger partial charge in [-0.2, -0.15) is 9.78 Å². The SMILES string of the molecule is c1ccc(SC2Sc3nnc(-c4ccccc4)n3N=C2c2ccccc2)cc1. The number of benzene rings is 3. The Kier molecular flexibility index (Phi) is 4.72. The van der Waals surface area contributed by atoms with Crippen LogP contribution in [0.4, 0.5) is 0 Å². The van der Waals surface area contributed by atoms with Crippen LogP contribution in [0.3, 0.4) is 0 Å². The minimum absolute atomic E-state index is 0.102. The van der Waals surface area contributed by atoms with E-state index in [-0.39, 0.29) is 4.58 Å². The average molecular weight is 401 g/mol. The van der Waals surface area contributed by atoms with Crippen LogP contribution in [0.15, 0.2) is 106 Å². The second-order valence-electron chi connectivity index (χ2n) is 6.22. The first-order valence-electron chi connectivity index (χ1n) is 8.92. The molecular weight excluding hydrogens is 384 g/mol. The van der Waals surface area contributed by atoms with Crippen molar-refractivity contribution < 1.29 is 0 Å². The Bertz CT molecular complexity index is 1110. The Morgan fingerprint density at radius 3 is 2.00 bits per heavy atom. The van der Waals surface area contributed by atoms with E-state index in [1.165, 1.54) is 4.90 Å². The van der Waals surface area contributed by atoms with Crippen molar-refractivity contribution in [2.45, 2.75) is 14.6 Å². The van der Waals surface area contributed by atoms with Crippen LogP contribution >= 0.6 is 23.5 Å². The summed E-state index contributed by atoms with van der Waals surface area (Å²) in [5.74, 6) is 0.764. The van der Waals surface area contributed by atoms with Gasteiger partial charge in [-0.3, -0.25) is 0 Å². The van der Waals surface area contributed by atoms with Crippen molar-refractivity contribution in [3.05, 3.63) is 96.6 Å². The van der Waals surface area contributed by atoms with Crippen LogP contribution in [0, 0.1) is 0 Å². The highest BCUT2D eigenvalue weighted by atomic mass is 32.2. The van der Waals surface area contributed by atoms with Gasteiger partial charge in [-0.1, -0.05) is 90.6 Å². The van der Waals surface area contributed by atoms with Crippen LogP contribution in [-0.4, -0.2) is 25.2 Å². The molecule has 0 fully saturated rings. The van der Waals surface area contributed by atoms with E-state index in [4.69, 9.17) is 5.10 Å². The summed E-state index contributed by atoms with van der Waals surface area (Å²) < 4.78 is 1.97. The summed E-state index contributed by atoms with van der Waals surface area (Å²) in [6, 6.07) is 30.8. The Labute approximate surface area is 171 Å². The zero-order valence-electron chi connectivity index (χ0n) is 14.8. The topological polar surface area (TPSA) is 43.1 Å². The van der Waals surface area contributed by atoms with Crippen LogP contribution < -0.4 is 0 Å². The van der Waals surface area contributed by atoms with Crippen molar-refractivity contribution in [1.29, 1.82) is 0 Å². The molecule has 2 heterocycles. The van der Waals surface area contributed by atoms with E-state index in [0.29, 0.717) is 0 Å². The molecule has 4 nitrogen and oxygen atoms in total. The summed E-state index contributed by atoms with van der Waals surface area (Å²) >= 11 is 3.48.